The minimum Gasteiger partial charge on any atom is -0.369 e. The van der Waals surface area contributed by atoms with E-state index in [4.69, 9.17) is 11.6 Å². The predicted octanol–water partition coefficient (Wildman–Crippen LogP) is 2.92. The van der Waals surface area contributed by atoms with Crippen LogP contribution in [0.1, 0.15) is 19.8 Å². The van der Waals surface area contributed by atoms with Crippen molar-refractivity contribution >= 4 is 17.3 Å². The molecule has 2 nitrogen and oxygen atoms in total. The minimum atomic E-state index is 0.575. The Bertz CT molecular complexity index is 340. The Morgan fingerprint density at radius 1 is 1.38 bits per heavy atom. The summed E-state index contributed by atoms with van der Waals surface area (Å²) in [6.45, 7) is 5.62. The molecule has 16 heavy (non-hydrogen) atoms. The van der Waals surface area contributed by atoms with Gasteiger partial charge in [-0.2, -0.15) is 0 Å². The van der Waals surface area contributed by atoms with Gasteiger partial charge in [-0.15, -0.1) is 0 Å². The molecule has 1 fully saturated rings. The van der Waals surface area contributed by atoms with Gasteiger partial charge in [0.2, 0.25) is 0 Å². The van der Waals surface area contributed by atoms with Crippen LogP contribution in [0.3, 0.4) is 0 Å². The number of hydrogen-bond donors (Lipinski definition) is 1. The summed E-state index contributed by atoms with van der Waals surface area (Å²) in [5, 5.41) is 4.27. The van der Waals surface area contributed by atoms with Crippen LogP contribution in [0, 0.1) is 0 Å². The first kappa shape index (κ1) is 11.7. The maximum atomic E-state index is 6.05. The maximum Gasteiger partial charge on any atom is 0.0426 e. The second kappa shape index (κ2) is 5.55. The predicted molar refractivity (Wildman–Crippen MR) is 70.4 cm³/mol. The third-order valence-electron chi connectivity index (χ3n) is 3.16. The Balaban J connectivity index is 2.15. The molecule has 1 heterocycles. The second-order valence-corrected chi connectivity index (χ2v) is 4.85. The monoisotopic (exact) mass is 238 g/mol. The van der Waals surface area contributed by atoms with E-state index in [2.05, 4.69) is 29.3 Å². The highest BCUT2D eigenvalue weighted by Crippen LogP contribution is 2.23. The number of anilines is 1. The van der Waals surface area contributed by atoms with E-state index >= 15 is 0 Å². The summed E-state index contributed by atoms with van der Waals surface area (Å²) in [5.74, 6) is 0. The maximum absolute atomic E-state index is 6.05. The lowest BCUT2D eigenvalue weighted by atomic mass is 10.1. The van der Waals surface area contributed by atoms with E-state index in [1.807, 2.05) is 12.1 Å². The largest absolute Gasteiger partial charge is 0.369 e. The summed E-state index contributed by atoms with van der Waals surface area (Å²) in [7, 11) is 0. The van der Waals surface area contributed by atoms with Gasteiger partial charge in [0, 0.05) is 23.3 Å². The van der Waals surface area contributed by atoms with Crippen LogP contribution in [0.2, 0.25) is 5.02 Å². The Labute approximate surface area is 103 Å². The molecule has 0 radical (unpaired) electrons. The van der Waals surface area contributed by atoms with Crippen molar-refractivity contribution in [3.05, 3.63) is 29.3 Å². The van der Waals surface area contributed by atoms with Crippen molar-refractivity contribution in [3.63, 3.8) is 0 Å². The molecule has 1 aromatic rings. The molecule has 0 aromatic heterocycles. The van der Waals surface area contributed by atoms with E-state index < -0.39 is 0 Å². The van der Waals surface area contributed by atoms with Crippen molar-refractivity contribution in [2.75, 3.05) is 24.5 Å². The first-order valence-corrected chi connectivity index (χ1v) is 6.38. The van der Waals surface area contributed by atoms with Gasteiger partial charge >= 0.3 is 0 Å². The zero-order chi connectivity index (χ0) is 11.4. The molecule has 0 saturated carbocycles. The van der Waals surface area contributed by atoms with Crippen molar-refractivity contribution in [2.24, 2.45) is 0 Å². The highest BCUT2D eigenvalue weighted by Gasteiger charge is 2.15. The number of nitrogens with one attached hydrogen (secondary N) is 1. The van der Waals surface area contributed by atoms with Crippen LogP contribution >= 0.6 is 11.6 Å². The molecular weight excluding hydrogens is 220 g/mol. The Hall–Kier alpha value is -0.730. The zero-order valence-corrected chi connectivity index (χ0v) is 10.5. The molecule has 3 heteroatoms. The van der Waals surface area contributed by atoms with Crippen LogP contribution in [-0.4, -0.2) is 25.7 Å². The van der Waals surface area contributed by atoms with Crippen LogP contribution in [0.15, 0.2) is 24.3 Å². The molecule has 2 rings (SSSR count). The van der Waals surface area contributed by atoms with Crippen molar-refractivity contribution in [2.45, 2.75) is 25.8 Å². The van der Waals surface area contributed by atoms with E-state index in [1.165, 1.54) is 18.5 Å². The summed E-state index contributed by atoms with van der Waals surface area (Å²) >= 11 is 6.05. The average Bonchev–Trinajstić information content (AvgIpc) is 2.24. The highest BCUT2D eigenvalue weighted by molar-refractivity contribution is 6.30. The lowest BCUT2D eigenvalue weighted by Gasteiger charge is -2.33. The quantitative estimate of drug-likeness (QED) is 0.810. The van der Waals surface area contributed by atoms with E-state index in [0.717, 1.165) is 24.7 Å². The SMILES string of the molecule is CC1CCNCCCN1c1cccc(Cl)c1. The van der Waals surface area contributed by atoms with Gasteiger partial charge in [0.1, 0.15) is 0 Å². The molecule has 0 bridgehead atoms. The van der Waals surface area contributed by atoms with Gasteiger partial charge in [-0.05, 0) is 51.1 Å². The third-order valence-corrected chi connectivity index (χ3v) is 3.40. The van der Waals surface area contributed by atoms with Gasteiger partial charge in [-0.3, -0.25) is 0 Å². The third kappa shape index (κ3) is 2.89. The summed E-state index contributed by atoms with van der Waals surface area (Å²) < 4.78 is 0. The topological polar surface area (TPSA) is 15.3 Å². The summed E-state index contributed by atoms with van der Waals surface area (Å²) in [4.78, 5) is 2.46. The molecule has 1 unspecified atom stereocenters. The van der Waals surface area contributed by atoms with E-state index in [0.29, 0.717) is 6.04 Å². The number of rotatable bonds is 1. The summed E-state index contributed by atoms with van der Waals surface area (Å²) in [6, 6.07) is 8.75. The van der Waals surface area contributed by atoms with Crippen LogP contribution < -0.4 is 10.2 Å². The lowest BCUT2D eigenvalue weighted by molar-refractivity contribution is 0.499. The van der Waals surface area contributed by atoms with Crippen molar-refractivity contribution in [3.8, 4) is 0 Å². The van der Waals surface area contributed by atoms with Gasteiger partial charge in [0.25, 0.3) is 0 Å². The fourth-order valence-corrected chi connectivity index (χ4v) is 2.41. The molecule has 0 spiro atoms. The fraction of sp³-hybridized carbons (Fsp3) is 0.538. The highest BCUT2D eigenvalue weighted by atomic mass is 35.5. The number of benzene rings is 1. The lowest BCUT2D eigenvalue weighted by Crippen LogP contribution is -2.40. The van der Waals surface area contributed by atoms with Crippen LogP contribution in [-0.2, 0) is 0 Å². The molecule has 0 aliphatic carbocycles. The molecule has 1 saturated heterocycles. The zero-order valence-electron chi connectivity index (χ0n) is 9.75. The van der Waals surface area contributed by atoms with Crippen LogP contribution in [0.5, 0.6) is 0 Å². The smallest absolute Gasteiger partial charge is 0.0426 e. The fourth-order valence-electron chi connectivity index (χ4n) is 2.22. The minimum absolute atomic E-state index is 0.575. The first-order chi connectivity index (χ1) is 7.77. The van der Waals surface area contributed by atoms with Crippen molar-refractivity contribution in [1.82, 2.24) is 5.32 Å². The number of nitrogens with zero attached hydrogens (tertiary/aromatic N) is 1. The van der Waals surface area contributed by atoms with Crippen molar-refractivity contribution < 1.29 is 0 Å². The van der Waals surface area contributed by atoms with E-state index in [9.17, 15) is 0 Å². The average molecular weight is 239 g/mol. The van der Waals surface area contributed by atoms with Gasteiger partial charge in [-0.25, -0.2) is 0 Å². The summed E-state index contributed by atoms with van der Waals surface area (Å²) in [5.41, 5.74) is 1.25. The molecule has 1 aromatic carbocycles. The molecule has 1 atom stereocenters. The number of halogens is 1. The van der Waals surface area contributed by atoms with Crippen LogP contribution in [0.25, 0.3) is 0 Å². The summed E-state index contributed by atoms with van der Waals surface area (Å²) in [6.07, 6.45) is 2.38. The second-order valence-electron chi connectivity index (χ2n) is 4.41. The van der Waals surface area contributed by atoms with E-state index in [1.54, 1.807) is 0 Å². The Morgan fingerprint density at radius 3 is 3.06 bits per heavy atom. The standard InChI is InChI=1S/C13H19ClN2/c1-11-6-8-15-7-3-9-16(11)13-5-2-4-12(14)10-13/h2,4-5,10-11,15H,3,6-9H2,1H3. The molecule has 1 aliphatic heterocycles. The van der Waals surface area contributed by atoms with Crippen molar-refractivity contribution in [1.29, 1.82) is 0 Å². The van der Waals surface area contributed by atoms with Gasteiger partial charge in [0.05, 0.1) is 0 Å². The Morgan fingerprint density at radius 2 is 2.25 bits per heavy atom. The van der Waals surface area contributed by atoms with Gasteiger partial charge in [-0.1, -0.05) is 17.7 Å². The molecule has 1 N–H and O–H groups in total. The normalized spacial score (nSPS) is 22.6. The van der Waals surface area contributed by atoms with Gasteiger partial charge in [0.15, 0.2) is 0 Å². The van der Waals surface area contributed by atoms with E-state index in [-0.39, 0.29) is 0 Å². The molecule has 0 amide bonds. The van der Waals surface area contributed by atoms with Crippen LogP contribution in [0.4, 0.5) is 5.69 Å². The molecular formula is C13H19ClN2. The molecule has 1 aliphatic rings. The molecule has 88 valence electrons. The van der Waals surface area contributed by atoms with Gasteiger partial charge < -0.3 is 10.2 Å². The first-order valence-electron chi connectivity index (χ1n) is 6.00. The Kier molecular flexibility index (Phi) is 4.08. The number of hydrogen-bond acceptors (Lipinski definition) is 2.